The van der Waals surface area contributed by atoms with Crippen LogP contribution in [0.25, 0.3) is 11.4 Å². The number of non-ortho nitro benzene ring substituents is 1. The summed E-state index contributed by atoms with van der Waals surface area (Å²) in [6.45, 7) is 0. The largest absolute Gasteiger partial charge is 0.294 e. The second-order valence-corrected chi connectivity index (χ2v) is 3.66. The normalized spacial score (nSPS) is 10.2. The van der Waals surface area contributed by atoms with Crippen LogP contribution in [0.15, 0.2) is 24.3 Å². The first-order valence-electron chi connectivity index (χ1n) is 5.25. The summed E-state index contributed by atoms with van der Waals surface area (Å²) < 4.78 is 0. The molecule has 4 N–H and O–H groups in total. The van der Waals surface area contributed by atoms with Gasteiger partial charge in [-0.15, -0.1) is 0 Å². The molecule has 0 atom stereocenters. The van der Waals surface area contributed by atoms with Crippen molar-refractivity contribution in [3.8, 4) is 11.4 Å². The third kappa shape index (κ3) is 2.90. The van der Waals surface area contributed by atoms with Crippen LogP contribution in [-0.4, -0.2) is 26.0 Å². The van der Waals surface area contributed by atoms with Gasteiger partial charge in [0, 0.05) is 17.7 Å². The molecular weight excluding hydrogens is 252 g/mol. The number of nitro benzene ring substituents is 1. The predicted octanol–water partition coefficient (Wildman–Crippen LogP) is -0.0877. The maximum Gasteiger partial charge on any atom is 0.270 e. The third-order valence-electron chi connectivity index (χ3n) is 2.34. The van der Waals surface area contributed by atoms with Crippen molar-refractivity contribution in [2.75, 3.05) is 0 Å². The molecular formula is C10H10N6O3. The zero-order valence-electron chi connectivity index (χ0n) is 9.66. The van der Waals surface area contributed by atoms with Gasteiger partial charge in [-0.25, -0.2) is 10.8 Å². The minimum atomic E-state index is -0.501. The van der Waals surface area contributed by atoms with Crippen LogP contribution in [0.4, 0.5) is 5.69 Å². The summed E-state index contributed by atoms with van der Waals surface area (Å²) in [6.07, 6.45) is -0.0432. The average Bonchev–Trinajstić information content (AvgIpc) is 2.87. The smallest absolute Gasteiger partial charge is 0.270 e. The Labute approximate surface area is 107 Å². The zero-order valence-corrected chi connectivity index (χ0v) is 9.66. The van der Waals surface area contributed by atoms with E-state index in [4.69, 9.17) is 5.84 Å². The number of H-pyrrole nitrogens is 1. The van der Waals surface area contributed by atoms with Gasteiger partial charge in [-0.05, 0) is 0 Å². The van der Waals surface area contributed by atoms with Crippen LogP contribution in [0.5, 0.6) is 0 Å². The second kappa shape index (κ2) is 5.23. The summed E-state index contributed by atoms with van der Waals surface area (Å²) in [7, 11) is 0. The lowest BCUT2D eigenvalue weighted by Gasteiger charge is -1.95. The van der Waals surface area contributed by atoms with Gasteiger partial charge in [-0.2, -0.15) is 5.10 Å². The van der Waals surface area contributed by atoms with Crippen LogP contribution in [0.3, 0.4) is 0 Å². The summed E-state index contributed by atoms with van der Waals surface area (Å²) in [5, 5.41) is 17.1. The summed E-state index contributed by atoms with van der Waals surface area (Å²) >= 11 is 0. The minimum Gasteiger partial charge on any atom is -0.294 e. The molecule has 1 heterocycles. The van der Waals surface area contributed by atoms with E-state index in [0.717, 1.165) is 0 Å². The lowest BCUT2D eigenvalue weighted by atomic mass is 10.2. The van der Waals surface area contributed by atoms with Crippen molar-refractivity contribution >= 4 is 11.6 Å². The molecule has 0 bridgehead atoms. The number of hydrazine groups is 1. The lowest BCUT2D eigenvalue weighted by molar-refractivity contribution is -0.384. The topological polar surface area (TPSA) is 140 Å². The first-order valence-corrected chi connectivity index (χ1v) is 5.25. The Hall–Kier alpha value is -2.81. The van der Waals surface area contributed by atoms with Crippen LogP contribution in [0.2, 0.25) is 0 Å². The Morgan fingerprint density at radius 3 is 3.00 bits per heavy atom. The van der Waals surface area contributed by atoms with E-state index in [-0.39, 0.29) is 17.9 Å². The van der Waals surface area contributed by atoms with Crippen LogP contribution < -0.4 is 11.3 Å². The maximum absolute atomic E-state index is 11.1. The molecule has 9 nitrogen and oxygen atoms in total. The highest BCUT2D eigenvalue weighted by atomic mass is 16.6. The second-order valence-electron chi connectivity index (χ2n) is 3.66. The van der Waals surface area contributed by atoms with Crippen molar-refractivity contribution in [1.29, 1.82) is 0 Å². The molecule has 1 aromatic heterocycles. The van der Waals surface area contributed by atoms with Crippen molar-refractivity contribution in [3.63, 3.8) is 0 Å². The van der Waals surface area contributed by atoms with E-state index in [1.165, 1.54) is 18.2 Å². The van der Waals surface area contributed by atoms with Gasteiger partial charge in [0.05, 0.1) is 11.3 Å². The molecule has 0 saturated carbocycles. The molecule has 0 saturated heterocycles. The molecule has 0 aliphatic rings. The van der Waals surface area contributed by atoms with Crippen molar-refractivity contribution in [2.45, 2.75) is 6.42 Å². The molecule has 0 unspecified atom stereocenters. The van der Waals surface area contributed by atoms with Gasteiger partial charge >= 0.3 is 0 Å². The molecule has 1 amide bonds. The van der Waals surface area contributed by atoms with E-state index in [1.807, 2.05) is 5.43 Å². The number of amides is 1. The lowest BCUT2D eigenvalue weighted by Crippen LogP contribution is -2.31. The Balaban J connectivity index is 2.25. The fourth-order valence-electron chi connectivity index (χ4n) is 1.47. The van der Waals surface area contributed by atoms with Crippen molar-refractivity contribution < 1.29 is 9.72 Å². The summed E-state index contributed by atoms with van der Waals surface area (Å²) in [6, 6.07) is 5.91. The van der Waals surface area contributed by atoms with Gasteiger partial charge in [-0.3, -0.25) is 25.4 Å². The Morgan fingerprint density at radius 2 is 2.32 bits per heavy atom. The Morgan fingerprint density at radius 1 is 1.53 bits per heavy atom. The fourth-order valence-corrected chi connectivity index (χ4v) is 1.47. The summed E-state index contributed by atoms with van der Waals surface area (Å²) in [5.41, 5.74) is 2.41. The van der Waals surface area contributed by atoms with E-state index in [1.54, 1.807) is 6.07 Å². The number of carbonyl (C=O) groups is 1. The number of nitrogens with zero attached hydrogens (tertiary/aromatic N) is 3. The third-order valence-corrected chi connectivity index (χ3v) is 2.34. The Kier molecular flexibility index (Phi) is 3.48. The molecule has 9 heteroatoms. The molecule has 0 spiro atoms. The quantitative estimate of drug-likeness (QED) is 0.304. The maximum atomic E-state index is 11.1. The highest BCUT2D eigenvalue weighted by molar-refractivity contribution is 5.77. The van der Waals surface area contributed by atoms with Crippen molar-refractivity contribution in [3.05, 3.63) is 40.2 Å². The number of carbonyl (C=O) groups excluding carboxylic acids is 1. The van der Waals surface area contributed by atoms with E-state index in [9.17, 15) is 14.9 Å². The van der Waals surface area contributed by atoms with Gasteiger partial charge in [0.2, 0.25) is 5.91 Å². The van der Waals surface area contributed by atoms with Gasteiger partial charge < -0.3 is 0 Å². The van der Waals surface area contributed by atoms with E-state index in [0.29, 0.717) is 11.4 Å². The van der Waals surface area contributed by atoms with Gasteiger partial charge in [0.25, 0.3) is 5.69 Å². The number of aromatic amines is 1. The first kappa shape index (κ1) is 12.6. The molecule has 2 aromatic rings. The van der Waals surface area contributed by atoms with Crippen LogP contribution in [-0.2, 0) is 11.2 Å². The number of nitro groups is 1. The average molecular weight is 262 g/mol. The Bertz CT molecular complexity index is 623. The number of nitrogens with two attached hydrogens (primary N) is 1. The number of rotatable bonds is 4. The predicted molar refractivity (Wildman–Crippen MR) is 64.5 cm³/mol. The molecule has 98 valence electrons. The van der Waals surface area contributed by atoms with Crippen molar-refractivity contribution in [2.24, 2.45) is 5.84 Å². The van der Waals surface area contributed by atoms with Crippen molar-refractivity contribution in [1.82, 2.24) is 20.6 Å². The van der Waals surface area contributed by atoms with Gasteiger partial charge in [-0.1, -0.05) is 12.1 Å². The van der Waals surface area contributed by atoms with Crippen LogP contribution in [0, 0.1) is 10.1 Å². The summed E-state index contributed by atoms with van der Waals surface area (Å²) in [5.74, 6) is 5.14. The molecule has 0 aliphatic heterocycles. The number of aromatic nitrogens is 3. The van der Waals surface area contributed by atoms with E-state index < -0.39 is 10.8 Å². The molecule has 19 heavy (non-hydrogen) atoms. The highest BCUT2D eigenvalue weighted by Gasteiger charge is 2.12. The molecule has 0 radical (unpaired) electrons. The standard InChI is InChI=1S/C10H10N6O3/c11-13-9(17)5-8-12-10(15-14-8)6-2-1-3-7(4-6)16(18)19/h1-4H,5,11H2,(H,13,17)(H,12,14,15). The first-order chi connectivity index (χ1) is 9.10. The zero-order chi connectivity index (χ0) is 13.8. The van der Waals surface area contributed by atoms with E-state index in [2.05, 4.69) is 15.2 Å². The SMILES string of the molecule is NNC(=O)Cc1nc(-c2cccc([N+](=O)[O-])c2)n[nH]1. The highest BCUT2D eigenvalue weighted by Crippen LogP contribution is 2.20. The molecule has 0 aliphatic carbocycles. The minimum absolute atomic E-state index is 0.0432. The van der Waals surface area contributed by atoms with Crippen LogP contribution in [0.1, 0.15) is 5.82 Å². The summed E-state index contributed by atoms with van der Waals surface area (Å²) in [4.78, 5) is 25.3. The molecule has 2 rings (SSSR count). The number of hydrogen-bond acceptors (Lipinski definition) is 6. The monoisotopic (exact) mass is 262 g/mol. The number of benzene rings is 1. The van der Waals surface area contributed by atoms with Gasteiger partial charge in [0.15, 0.2) is 5.82 Å². The number of hydrogen-bond donors (Lipinski definition) is 3. The molecule has 1 aromatic carbocycles. The van der Waals surface area contributed by atoms with Gasteiger partial charge in [0.1, 0.15) is 5.82 Å². The van der Waals surface area contributed by atoms with E-state index >= 15 is 0 Å². The van der Waals surface area contributed by atoms with Crippen LogP contribution >= 0.6 is 0 Å². The number of nitrogens with one attached hydrogen (secondary N) is 2. The fraction of sp³-hybridized carbons (Fsp3) is 0.100. The molecule has 0 fully saturated rings.